The number of hydrogen-bond acceptors (Lipinski definition) is 3. The van der Waals surface area contributed by atoms with Crippen molar-refractivity contribution in [1.29, 1.82) is 0 Å². The predicted molar refractivity (Wildman–Crippen MR) is 104 cm³/mol. The highest BCUT2D eigenvalue weighted by atomic mass is 16.2. The zero-order valence-electron chi connectivity index (χ0n) is 15.7. The fourth-order valence-corrected chi connectivity index (χ4v) is 3.99. The summed E-state index contributed by atoms with van der Waals surface area (Å²) in [4.78, 5) is 29.6. The second kappa shape index (κ2) is 7.29. The van der Waals surface area contributed by atoms with Gasteiger partial charge in [0.25, 0.3) is 5.91 Å². The molecule has 1 N–H and O–H groups in total. The van der Waals surface area contributed by atoms with Crippen molar-refractivity contribution in [2.75, 3.05) is 36.4 Å². The average Bonchev–Trinajstić information content (AvgIpc) is 3.37. The lowest BCUT2D eigenvalue weighted by Crippen LogP contribution is -2.35. The van der Waals surface area contributed by atoms with E-state index in [1.165, 1.54) is 0 Å². The SMILES string of the molecule is CC1CCN(c2ccc(NC(=O)C3CC3)cc2C(=O)N2CCCC2)CC1. The van der Waals surface area contributed by atoms with Crippen molar-refractivity contribution in [2.45, 2.75) is 45.4 Å². The van der Waals surface area contributed by atoms with E-state index in [0.717, 1.165) is 87.6 Å². The lowest BCUT2D eigenvalue weighted by Gasteiger charge is -2.34. The molecule has 4 rings (SSSR count). The lowest BCUT2D eigenvalue weighted by molar-refractivity contribution is -0.117. The Labute approximate surface area is 155 Å². The fraction of sp³-hybridized carbons (Fsp3) is 0.619. The van der Waals surface area contributed by atoms with Crippen LogP contribution in [-0.2, 0) is 4.79 Å². The number of likely N-dealkylation sites (tertiary alicyclic amines) is 1. The van der Waals surface area contributed by atoms with Gasteiger partial charge in [-0.3, -0.25) is 9.59 Å². The summed E-state index contributed by atoms with van der Waals surface area (Å²) in [5, 5.41) is 3.00. The van der Waals surface area contributed by atoms with E-state index < -0.39 is 0 Å². The van der Waals surface area contributed by atoms with Gasteiger partial charge in [0.15, 0.2) is 0 Å². The van der Waals surface area contributed by atoms with E-state index >= 15 is 0 Å². The number of anilines is 2. The van der Waals surface area contributed by atoms with Gasteiger partial charge in [0.1, 0.15) is 0 Å². The van der Waals surface area contributed by atoms with Crippen molar-refractivity contribution in [3.05, 3.63) is 23.8 Å². The summed E-state index contributed by atoms with van der Waals surface area (Å²) in [6.07, 6.45) is 6.46. The first-order valence-electron chi connectivity index (χ1n) is 10.1. The minimum absolute atomic E-state index is 0.0871. The molecule has 3 aliphatic rings. The van der Waals surface area contributed by atoms with E-state index in [1.54, 1.807) is 0 Å². The van der Waals surface area contributed by atoms with E-state index in [-0.39, 0.29) is 17.7 Å². The largest absolute Gasteiger partial charge is 0.371 e. The summed E-state index contributed by atoms with van der Waals surface area (Å²) in [6.45, 7) is 5.97. The maximum absolute atomic E-state index is 13.1. The van der Waals surface area contributed by atoms with Gasteiger partial charge in [0, 0.05) is 43.5 Å². The van der Waals surface area contributed by atoms with E-state index in [0.29, 0.717) is 0 Å². The van der Waals surface area contributed by atoms with E-state index in [1.807, 2.05) is 23.1 Å². The van der Waals surface area contributed by atoms with Crippen LogP contribution in [0.1, 0.15) is 55.8 Å². The van der Waals surface area contributed by atoms with E-state index in [4.69, 9.17) is 0 Å². The van der Waals surface area contributed by atoms with Crippen molar-refractivity contribution in [3.63, 3.8) is 0 Å². The molecule has 0 radical (unpaired) electrons. The number of carbonyl (C=O) groups excluding carboxylic acids is 2. The minimum Gasteiger partial charge on any atom is -0.371 e. The Hall–Kier alpha value is -2.04. The Morgan fingerprint density at radius 2 is 1.69 bits per heavy atom. The zero-order chi connectivity index (χ0) is 18.1. The second-order valence-electron chi connectivity index (χ2n) is 8.16. The standard InChI is InChI=1S/C21H29N3O2/c1-15-8-12-23(13-9-15)19-7-6-17(22-20(25)16-4-5-16)14-18(19)21(26)24-10-2-3-11-24/h6-7,14-16H,2-5,8-13H2,1H3,(H,22,25). The van der Waals surface area contributed by atoms with E-state index in [2.05, 4.69) is 17.1 Å². The van der Waals surface area contributed by atoms with E-state index in [9.17, 15) is 9.59 Å². The van der Waals surface area contributed by atoms with Crippen LogP contribution in [0.25, 0.3) is 0 Å². The number of nitrogens with one attached hydrogen (secondary N) is 1. The fourth-order valence-electron chi connectivity index (χ4n) is 3.99. The molecule has 1 aromatic carbocycles. The molecule has 0 aromatic heterocycles. The summed E-state index contributed by atoms with van der Waals surface area (Å²) in [6, 6.07) is 5.88. The van der Waals surface area contributed by atoms with Gasteiger partial charge in [-0.05, 0) is 62.6 Å². The summed E-state index contributed by atoms with van der Waals surface area (Å²) >= 11 is 0. The van der Waals surface area contributed by atoms with Gasteiger partial charge in [-0.2, -0.15) is 0 Å². The molecule has 0 bridgehead atoms. The molecule has 5 heteroatoms. The van der Waals surface area contributed by atoms with Gasteiger partial charge in [0.05, 0.1) is 5.56 Å². The summed E-state index contributed by atoms with van der Waals surface area (Å²) in [7, 11) is 0. The van der Waals surface area contributed by atoms with Gasteiger partial charge in [-0.25, -0.2) is 0 Å². The topological polar surface area (TPSA) is 52.7 Å². The molecule has 1 aromatic rings. The molecule has 1 saturated carbocycles. The Balaban J connectivity index is 1.60. The smallest absolute Gasteiger partial charge is 0.256 e. The lowest BCUT2D eigenvalue weighted by atomic mass is 9.97. The highest BCUT2D eigenvalue weighted by Crippen LogP contribution is 2.33. The van der Waals surface area contributed by atoms with Gasteiger partial charge in [-0.1, -0.05) is 6.92 Å². The Morgan fingerprint density at radius 1 is 1.00 bits per heavy atom. The van der Waals surface area contributed by atoms with Crippen molar-refractivity contribution in [2.24, 2.45) is 11.8 Å². The van der Waals surface area contributed by atoms with Crippen molar-refractivity contribution >= 4 is 23.2 Å². The Kier molecular flexibility index (Phi) is 4.88. The molecule has 0 unspecified atom stereocenters. The molecule has 0 atom stereocenters. The normalized spacial score (nSPS) is 21.1. The van der Waals surface area contributed by atoms with Gasteiger partial charge in [-0.15, -0.1) is 0 Å². The van der Waals surface area contributed by atoms with Crippen LogP contribution in [0.3, 0.4) is 0 Å². The van der Waals surface area contributed by atoms with Crippen LogP contribution in [0.15, 0.2) is 18.2 Å². The van der Waals surface area contributed by atoms with Crippen molar-refractivity contribution < 1.29 is 9.59 Å². The molecule has 2 saturated heterocycles. The number of benzene rings is 1. The molecule has 3 fully saturated rings. The monoisotopic (exact) mass is 355 g/mol. The number of amides is 2. The van der Waals surface area contributed by atoms with Crippen LogP contribution < -0.4 is 10.2 Å². The number of carbonyl (C=O) groups is 2. The maximum atomic E-state index is 13.1. The number of nitrogens with zero attached hydrogens (tertiary/aromatic N) is 2. The molecule has 0 spiro atoms. The highest BCUT2D eigenvalue weighted by Gasteiger charge is 2.30. The first-order chi connectivity index (χ1) is 12.6. The quantitative estimate of drug-likeness (QED) is 0.899. The van der Waals surface area contributed by atoms with Crippen molar-refractivity contribution in [1.82, 2.24) is 4.90 Å². The molecule has 2 aliphatic heterocycles. The molecule has 26 heavy (non-hydrogen) atoms. The van der Waals surface area contributed by atoms with Crippen LogP contribution in [0.5, 0.6) is 0 Å². The molecule has 2 heterocycles. The third-order valence-electron chi connectivity index (χ3n) is 5.96. The number of hydrogen-bond donors (Lipinski definition) is 1. The summed E-state index contributed by atoms with van der Waals surface area (Å²) in [5.74, 6) is 1.11. The van der Waals surface area contributed by atoms with Crippen LogP contribution in [-0.4, -0.2) is 42.9 Å². The molecular formula is C21H29N3O2. The van der Waals surface area contributed by atoms with Gasteiger partial charge < -0.3 is 15.1 Å². The first-order valence-corrected chi connectivity index (χ1v) is 10.1. The maximum Gasteiger partial charge on any atom is 0.256 e. The second-order valence-corrected chi connectivity index (χ2v) is 8.16. The van der Waals surface area contributed by atoms with Crippen molar-refractivity contribution in [3.8, 4) is 0 Å². The molecule has 140 valence electrons. The third kappa shape index (κ3) is 3.71. The molecule has 1 aliphatic carbocycles. The molecule has 2 amide bonds. The van der Waals surface area contributed by atoms with Gasteiger partial charge in [0.2, 0.25) is 5.91 Å². The Bertz CT molecular complexity index is 684. The minimum atomic E-state index is 0.0871. The molecular weight excluding hydrogens is 326 g/mol. The highest BCUT2D eigenvalue weighted by molar-refractivity contribution is 6.02. The predicted octanol–water partition coefficient (Wildman–Crippen LogP) is 3.51. The van der Waals surface area contributed by atoms with Crippen LogP contribution in [0.4, 0.5) is 11.4 Å². The van der Waals surface area contributed by atoms with Gasteiger partial charge >= 0.3 is 0 Å². The first kappa shape index (κ1) is 17.4. The number of piperidine rings is 1. The molecule has 5 nitrogen and oxygen atoms in total. The van der Waals surface area contributed by atoms with Crippen LogP contribution in [0.2, 0.25) is 0 Å². The van der Waals surface area contributed by atoms with Crippen LogP contribution >= 0.6 is 0 Å². The zero-order valence-corrected chi connectivity index (χ0v) is 15.7. The van der Waals surface area contributed by atoms with Crippen LogP contribution in [0, 0.1) is 11.8 Å². The summed E-state index contributed by atoms with van der Waals surface area (Å²) in [5.41, 5.74) is 2.52. The Morgan fingerprint density at radius 3 is 2.35 bits per heavy atom. The third-order valence-corrected chi connectivity index (χ3v) is 5.96. The summed E-state index contributed by atoms with van der Waals surface area (Å²) < 4.78 is 0. The number of rotatable bonds is 4. The average molecular weight is 355 g/mol.